The highest BCUT2D eigenvalue weighted by Gasteiger charge is 2.08. The van der Waals surface area contributed by atoms with Crippen LogP contribution in [0.1, 0.15) is 11.4 Å². The second-order valence-corrected chi connectivity index (χ2v) is 7.66. The number of aromatic amines is 1. The van der Waals surface area contributed by atoms with Gasteiger partial charge in [0.25, 0.3) is 5.69 Å². The molecule has 0 atom stereocenters. The van der Waals surface area contributed by atoms with E-state index >= 15 is 0 Å². The smallest absolute Gasteiger partial charge is 0.271 e. The lowest BCUT2D eigenvalue weighted by atomic mass is 10.2. The van der Waals surface area contributed by atoms with Crippen molar-refractivity contribution in [2.45, 2.75) is 0 Å². The molecule has 1 heterocycles. The fourth-order valence-corrected chi connectivity index (χ4v) is 3.49. The number of nitrogens with one attached hydrogen (secondary N) is 1. The minimum absolute atomic E-state index is 0.00963. The Morgan fingerprint density at radius 3 is 2.14 bits per heavy atom. The van der Waals surface area contributed by atoms with Crippen molar-refractivity contribution in [2.24, 2.45) is 10.2 Å². The number of hydrogen-bond donors (Lipinski definition) is 3. The molecule has 10 nitrogen and oxygen atoms in total. The van der Waals surface area contributed by atoms with Crippen LogP contribution in [0.4, 0.5) is 22.7 Å². The number of non-ortho nitro benzene ring substituents is 1. The third-order valence-electron chi connectivity index (χ3n) is 5.26. The maximum absolute atomic E-state index is 10.9. The zero-order valence-electron chi connectivity index (χ0n) is 18.8. The summed E-state index contributed by atoms with van der Waals surface area (Å²) >= 11 is 0. The second-order valence-electron chi connectivity index (χ2n) is 7.66. The summed E-state index contributed by atoms with van der Waals surface area (Å²) in [6.45, 7) is 0.910. The number of benzene rings is 3. The first-order valence-corrected chi connectivity index (χ1v) is 11.0. The molecule has 4 aromatic rings. The van der Waals surface area contributed by atoms with Gasteiger partial charge in [-0.15, -0.1) is 0 Å². The molecule has 0 aliphatic rings. The molecule has 3 aromatic carbocycles. The van der Waals surface area contributed by atoms with Gasteiger partial charge in [-0.25, -0.2) is 4.98 Å². The molecule has 0 fully saturated rings. The van der Waals surface area contributed by atoms with E-state index in [1.54, 1.807) is 12.1 Å². The van der Waals surface area contributed by atoms with Gasteiger partial charge >= 0.3 is 0 Å². The van der Waals surface area contributed by atoms with E-state index < -0.39 is 4.92 Å². The molecular formula is C25H24N6O4. The Hall–Kier alpha value is -4.41. The molecule has 35 heavy (non-hydrogen) atoms. The molecule has 0 saturated carbocycles. The van der Waals surface area contributed by atoms with Crippen molar-refractivity contribution in [3.63, 3.8) is 0 Å². The number of fused-ring (bicyclic) bond motifs is 1. The van der Waals surface area contributed by atoms with Crippen molar-refractivity contribution >= 4 is 45.9 Å². The molecule has 0 saturated heterocycles. The minimum Gasteiger partial charge on any atom is -0.395 e. The predicted molar refractivity (Wildman–Crippen MR) is 135 cm³/mol. The van der Waals surface area contributed by atoms with Gasteiger partial charge in [0.05, 0.1) is 40.5 Å². The van der Waals surface area contributed by atoms with Crippen LogP contribution < -0.4 is 4.90 Å². The van der Waals surface area contributed by atoms with Gasteiger partial charge in [-0.3, -0.25) is 10.1 Å². The van der Waals surface area contributed by atoms with Gasteiger partial charge in [-0.1, -0.05) is 18.2 Å². The minimum atomic E-state index is -0.435. The number of aromatic nitrogens is 2. The number of azo groups is 1. The van der Waals surface area contributed by atoms with Gasteiger partial charge in [0, 0.05) is 30.9 Å². The molecule has 0 radical (unpaired) electrons. The average Bonchev–Trinajstić information content (AvgIpc) is 3.29. The zero-order valence-corrected chi connectivity index (χ0v) is 18.8. The van der Waals surface area contributed by atoms with Gasteiger partial charge in [0.1, 0.15) is 5.82 Å². The lowest BCUT2D eigenvalue weighted by Gasteiger charge is -2.22. The number of nitro benzene ring substituents is 1. The Balaban J connectivity index is 1.39. The van der Waals surface area contributed by atoms with Gasteiger partial charge in [-0.05, 0) is 54.1 Å². The van der Waals surface area contributed by atoms with Crippen LogP contribution in [-0.2, 0) is 0 Å². The number of nitrogens with zero attached hydrogens (tertiary/aromatic N) is 5. The molecule has 0 bridgehead atoms. The molecular weight excluding hydrogens is 448 g/mol. The Morgan fingerprint density at radius 1 is 0.914 bits per heavy atom. The summed E-state index contributed by atoms with van der Waals surface area (Å²) < 4.78 is 0. The highest BCUT2D eigenvalue weighted by molar-refractivity contribution is 5.80. The van der Waals surface area contributed by atoms with Crippen LogP contribution in [0.5, 0.6) is 0 Å². The number of hydrogen-bond acceptors (Lipinski definition) is 8. The first-order valence-electron chi connectivity index (χ1n) is 11.0. The fourth-order valence-electron chi connectivity index (χ4n) is 3.49. The van der Waals surface area contributed by atoms with E-state index in [1.807, 2.05) is 59.5 Å². The molecule has 0 spiro atoms. The van der Waals surface area contributed by atoms with E-state index in [-0.39, 0.29) is 18.9 Å². The number of rotatable bonds is 10. The van der Waals surface area contributed by atoms with Crippen molar-refractivity contribution in [3.8, 4) is 0 Å². The molecule has 0 amide bonds. The number of imidazole rings is 1. The van der Waals surface area contributed by atoms with E-state index in [0.717, 1.165) is 11.3 Å². The molecule has 4 rings (SSSR count). The van der Waals surface area contributed by atoms with Crippen LogP contribution in [0.3, 0.4) is 0 Å². The molecule has 0 unspecified atom stereocenters. The standard InChI is InChI=1S/C25H24N6O4/c32-15-13-30(14-16-33)21-8-6-20(7-9-21)29-28-19-4-1-18(2-5-19)3-12-25-26-23-11-10-22(31(34)35)17-24(23)27-25/h1-12,17,32-33H,13-16H2,(H,26,27)/b12-3+,29-28?. The first kappa shape index (κ1) is 23.7. The summed E-state index contributed by atoms with van der Waals surface area (Å²) in [4.78, 5) is 19.9. The highest BCUT2D eigenvalue weighted by Crippen LogP contribution is 2.23. The van der Waals surface area contributed by atoms with Gasteiger partial charge < -0.3 is 20.1 Å². The van der Waals surface area contributed by atoms with Crippen LogP contribution >= 0.6 is 0 Å². The third kappa shape index (κ3) is 6.14. The molecule has 0 aliphatic carbocycles. The van der Waals surface area contributed by atoms with Crippen LogP contribution in [0.2, 0.25) is 0 Å². The van der Waals surface area contributed by atoms with Crippen molar-refractivity contribution < 1.29 is 15.1 Å². The van der Waals surface area contributed by atoms with Crippen molar-refractivity contribution in [3.05, 3.63) is 88.2 Å². The zero-order chi connectivity index (χ0) is 24.6. The number of aliphatic hydroxyl groups excluding tert-OH is 2. The van der Waals surface area contributed by atoms with E-state index in [9.17, 15) is 20.3 Å². The van der Waals surface area contributed by atoms with E-state index in [2.05, 4.69) is 20.2 Å². The molecule has 1 aromatic heterocycles. The van der Waals surface area contributed by atoms with Crippen LogP contribution in [-0.4, -0.2) is 51.4 Å². The summed E-state index contributed by atoms with van der Waals surface area (Å²) in [7, 11) is 0. The second kappa shape index (κ2) is 11.1. The number of anilines is 1. The number of aliphatic hydroxyl groups is 2. The average molecular weight is 473 g/mol. The third-order valence-corrected chi connectivity index (χ3v) is 5.26. The summed E-state index contributed by atoms with van der Waals surface area (Å²) in [6.07, 6.45) is 3.69. The van der Waals surface area contributed by atoms with Gasteiger partial charge in [-0.2, -0.15) is 10.2 Å². The van der Waals surface area contributed by atoms with E-state index in [1.165, 1.54) is 12.1 Å². The molecule has 178 valence electrons. The Kier molecular flexibility index (Phi) is 7.56. The van der Waals surface area contributed by atoms with Gasteiger partial charge in [0.15, 0.2) is 0 Å². The molecule has 0 aliphatic heterocycles. The SMILES string of the molecule is O=[N+]([O-])c1ccc2nc(/C=C/c3ccc(N=Nc4ccc(N(CCO)CCO)cc4)cc3)[nH]c2c1. The lowest BCUT2D eigenvalue weighted by Crippen LogP contribution is -2.29. The maximum Gasteiger partial charge on any atom is 0.271 e. The van der Waals surface area contributed by atoms with E-state index in [0.29, 0.717) is 41.3 Å². The topological polar surface area (TPSA) is 140 Å². The highest BCUT2D eigenvalue weighted by atomic mass is 16.6. The summed E-state index contributed by atoms with van der Waals surface area (Å²) in [5.74, 6) is 0.601. The first-order chi connectivity index (χ1) is 17.1. The normalized spacial score (nSPS) is 11.6. The summed E-state index contributed by atoms with van der Waals surface area (Å²) in [5.41, 5.74) is 4.51. The van der Waals surface area contributed by atoms with Crippen LogP contribution in [0.25, 0.3) is 23.2 Å². The summed E-state index contributed by atoms with van der Waals surface area (Å²) in [6, 6.07) is 19.5. The predicted octanol–water partition coefficient (Wildman–Crippen LogP) is 4.85. The van der Waals surface area contributed by atoms with Gasteiger partial charge in [0.2, 0.25) is 0 Å². The van der Waals surface area contributed by atoms with Crippen molar-refractivity contribution in [1.29, 1.82) is 0 Å². The Morgan fingerprint density at radius 2 is 1.54 bits per heavy atom. The number of H-pyrrole nitrogens is 1. The molecule has 3 N–H and O–H groups in total. The molecule has 10 heteroatoms. The largest absolute Gasteiger partial charge is 0.395 e. The quantitative estimate of drug-likeness (QED) is 0.171. The summed E-state index contributed by atoms with van der Waals surface area (Å²) in [5, 5.41) is 37.8. The van der Waals surface area contributed by atoms with E-state index in [4.69, 9.17) is 0 Å². The maximum atomic E-state index is 10.9. The lowest BCUT2D eigenvalue weighted by molar-refractivity contribution is -0.384. The van der Waals surface area contributed by atoms with Crippen LogP contribution in [0.15, 0.2) is 77.0 Å². The Labute approximate surface area is 201 Å². The Bertz CT molecular complexity index is 1340. The van der Waals surface area contributed by atoms with Crippen molar-refractivity contribution in [2.75, 3.05) is 31.2 Å². The monoisotopic (exact) mass is 472 g/mol. The van der Waals surface area contributed by atoms with Crippen molar-refractivity contribution in [1.82, 2.24) is 9.97 Å². The van der Waals surface area contributed by atoms with Crippen LogP contribution in [0, 0.1) is 10.1 Å². The fraction of sp³-hybridized carbons (Fsp3) is 0.160. The number of nitro groups is 1.